The Bertz CT molecular complexity index is 706. The maximum Gasteiger partial charge on any atom is 0.145 e. The van der Waals surface area contributed by atoms with Gasteiger partial charge in [-0.1, -0.05) is 30.3 Å². The topological polar surface area (TPSA) is 43.8 Å². The third kappa shape index (κ3) is 3.14. The first-order valence-corrected chi connectivity index (χ1v) is 7.70. The number of hydrogen-bond acceptors (Lipinski definition) is 3. The monoisotopic (exact) mass is 283 g/mol. The fraction of sp³-hybridized carbons (Fsp3) is 0.188. The molecule has 0 spiro atoms. The van der Waals surface area contributed by atoms with Gasteiger partial charge in [0.25, 0.3) is 0 Å². The molecule has 2 aromatic carbocycles. The zero-order chi connectivity index (χ0) is 13.8. The van der Waals surface area contributed by atoms with Crippen LogP contribution in [0.1, 0.15) is 6.42 Å². The van der Waals surface area contributed by atoms with Crippen LogP contribution in [0.5, 0.6) is 0 Å². The van der Waals surface area contributed by atoms with Crippen LogP contribution in [0.4, 0.5) is 5.82 Å². The summed E-state index contributed by atoms with van der Waals surface area (Å²) in [7, 11) is 0. The summed E-state index contributed by atoms with van der Waals surface area (Å²) in [5.41, 5.74) is 5.59. The van der Waals surface area contributed by atoms with E-state index in [4.69, 9.17) is 5.73 Å². The fourth-order valence-electron chi connectivity index (χ4n) is 2.18. The van der Waals surface area contributed by atoms with E-state index >= 15 is 0 Å². The van der Waals surface area contributed by atoms with E-state index in [-0.39, 0.29) is 0 Å². The molecule has 0 unspecified atom stereocenters. The molecule has 0 bridgehead atoms. The van der Waals surface area contributed by atoms with Gasteiger partial charge in [0.2, 0.25) is 0 Å². The van der Waals surface area contributed by atoms with Gasteiger partial charge in [0.05, 0.1) is 0 Å². The molecular formula is C16H17N3S. The number of nitrogen functional groups attached to an aromatic ring is 1. The summed E-state index contributed by atoms with van der Waals surface area (Å²) >= 11 is 1.89. The highest BCUT2D eigenvalue weighted by molar-refractivity contribution is 7.99. The molecule has 3 rings (SSSR count). The number of anilines is 1. The SMILES string of the molecule is Nc1ccn(CCCSc2ccc3ccccc3c2)n1. The van der Waals surface area contributed by atoms with E-state index in [1.165, 1.54) is 15.7 Å². The van der Waals surface area contributed by atoms with Crippen molar-refractivity contribution in [1.82, 2.24) is 9.78 Å². The largest absolute Gasteiger partial charge is 0.382 e. The van der Waals surface area contributed by atoms with E-state index in [2.05, 4.69) is 47.6 Å². The van der Waals surface area contributed by atoms with Crippen molar-refractivity contribution in [2.75, 3.05) is 11.5 Å². The lowest BCUT2D eigenvalue weighted by Gasteiger charge is -2.04. The summed E-state index contributed by atoms with van der Waals surface area (Å²) in [4.78, 5) is 1.32. The lowest BCUT2D eigenvalue weighted by Crippen LogP contribution is -2.00. The molecule has 0 aliphatic heterocycles. The quantitative estimate of drug-likeness (QED) is 0.572. The highest BCUT2D eigenvalue weighted by atomic mass is 32.2. The number of nitrogens with zero attached hydrogens (tertiary/aromatic N) is 2. The summed E-state index contributed by atoms with van der Waals surface area (Å²) in [6.07, 6.45) is 3.01. The van der Waals surface area contributed by atoms with Gasteiger partial charge in [0, 0.05) is 17.6 Å². The first kappa shape index (κ1) is 13.1. The lowest BCUT2D eigenvalue weighted by atomic mass is 10.1. The van der Waals surface area contributed by atoms with Crippen LogP contribution in [0.15, 0.2) is 59.6 Å². The Morgan fingerprint density at radius 3 is 2.70 bits per heavy atom. The highest BCUT2D eigenvalue weighted by Gasteiger charge is 1.98. The van der Waals surface area contributed by atoms with Gasteiger partial charge in [-0.3, -0.25) is 4.68 Å². The van der Waals surface area contributed by atoms with Crippen LogP contribution in [0.3, 0.4) is 0 Å². The zero-order valence-corrected chi connectivity index (χ0v) is 12.0. The normalized spacial score (nSPS) is 11.0. The zero-order valence-electron chi connectivity index (χ0n) is 11.2. The maximum absolute atomic E-state index is 5.59. The van der Waals surface area contributed by atoms with Gasteiger partial charge in [-0.15, -0.1) is 11.8 Å². The van der Waals surface area contributed by atoms with E-state index in [1.807, 2.05) is 28.7 Å². The molecule has 0 fully saturated rings. The molecule has 1 aromatic heterocycles. The van der Waals surface area contributed by atoms with Gasteiger partial charge in [-0.25, -0.2) is 0 Å². The van der Waals surface area contributed by atoms with Crippen molar-refractivity contribution in [1.29, 1.82) is 0 Å². The van der Waals surface area contributed by atoms with E-state index in [1.54, 1.807) is 0 Å². The number of aromatic nitrogens is 2. The highest BCUT2D eigenvalue weighted by Crippen LogP contribution is 2.24. The van der Waals surface area contributed by atoms with Crippen molar-refractivity contribution < 1.29 is 0 Å². The lowest BCUT2D eigenvalue weighted by molar-refractivity contribution is 0.608. The van der Waals surface area contributed by atoms with Crippen LogP contribution >= 0.6 is 11.8 Å². The average Bonchev–Trinajstić information content (AvgIpc) is 2.89. The Morgan fingerprint density at radius 2 is 1.90 bits per heavy atom. The molecule has 0 saturated carbocycles. The predicted molar refractivity (Wildman–Crippen MR) is 85.9 cm³/mol. The number of rotatable bonds is 5. The molecule has 0 aliphatic rings. The second kappa shape index (κ2) is 6.01. The first-order valence-electron chi connectivity index (χ1n) is 6.72. The van der Waals surface area contributed by atoms with Crippen molar-refractivity contribution in [3.8, 4) is 0 Å². The van der Waals surface area contributed by atoms with Crippen molar-refractivity contribution in [3.05, 3.63) is 54.7 Å². The van der Waals surface area contributed by atoms with Crippen LogP contribution in [0, 0.1) is 0 Å². The van der Waals surface area contributed by atoms with Crippen molar-refractivity contribution in [3.63, 3.8) is 0 Å². The molecule has 0 atom stereocenters. The minimum Gasteiger partial charge on any atom is -0.382 e. The standard InChI is InChI=1S/C16H17N3S/c17-16-8-10-19(18-16)9-3-11-20-15-7-6-13-4-1-2-5-14(13)12-15/h1-2,4-8,10,12H,3,9,11H2,(H2,17,18). The molecule has 0 aliphatic carbocycles. The summed E-state index contributed by atoms with van der Waals surface area (Å²) in [6, 6.07) is 16.9. The molecule has 3 aromatic rings. The first-order chi connectivity index (χ1) is 9.81. The minimum atomic E-state index is 0.590. The summed E-state index contributed by atoms with van der Waals surface area (Å²) in [6.45, 7) is 0.914. The molecular weight excluding hydrogens is 266 g/mol. The summed E-state index contributed by atoms with van der Waals surface area (Å²) < 4.78 is 1.90. The van der Waals surface area contributed by atoms with E-state index in [9.17, 15) is 0 Å². The van der Waals surface area contributed by atoms with E-state index < -0.39 is 0 Å². The number of fused-ring (bicyclic) bond motifs is 1. The predicted octanol–water partition coefficient (Wildman–Crippen LogP) is 3.80. The van der Waals surface area contributed by atoms with Crippen molar-refractivity contribution >= 4 is 28.4 Å². The molecule has 0 saturated heterocycles. The van der Waals surface area contributed by atoms with Crippen LogP contribution in [0.2, 0.25) is 0 Å². The van der Waals surface area contributed by atoms with Crippen LogP contribution in [-0.4, -0.2) is 15.5 Å². The Morgan fingerprint density at radius 1 is 1.05 bits per heavy atom. The Kier molecular flexibility index (Phi) is 3.92. The van der Waals surface area contributed by atoms with Crippen molar-refractivity contribution in [2.45, 2.75) is 17.9 Å². The van der Waals surface area contributed by atoms with Gasteiger partial charge in [0.15, 0.2) is 0 Å². The van der Waals surface area contributed by atoms with Gasteiger partial charge >= 0.3 is 0 Å². The molecule has 1 heterocycles. The molecule has 4 heteroatoms. The number of nitrogens with two attached hydrogens (primary N) is 1. The van der Waals surface area contributed by atoms with E-state index in [0.29, 0.717) is 5.82 Å². The van der Waals surface area contributed by atoms with Crippen LogP contribution < -0.4 is 5.73 Å². The third-order valence-electron chi connectivity index (χ3n) is 3.18. The second-order valence-corrected chi connectivity index (χ2v) is 5.88. The van der Waals surface area contributed by atoms with Gasteiger partial charge in [-0.05, 0) is 41.1 Å². The molecule has 2 N–H and O–H groups in total. The van der Waals surface area contributed by atoms with Crippen molar-refractivity contribution in [2.24, 2.45) is 0 Å². The van der Waals surface area contributed by atoms with Crippen LogP contribution in [0.25, 0.3) is 10.8 Å². The van der Waals surface area contributed by atoms with E-state index in [0.717, 1.165) is 18.7 Å². The number of aryl methyl sites for hydroxylation is 1. The van der Waals surface area contributed by atoms with Crippen LogP contribution in [-0.2, 0) is 6.54 Å². The molecule has 0 amide bonds. The number of thioether (sulfide) groups is 1. The van der Waals surface area contributed by atoms with Gasteiger partial charge in [-0.2, -0.15) is 5.10 Å². The maximum atomic E-state index is 5.59. The minimum absolute atomic E-state index is 0.590. The number of benzene rings is 2. The Balaban J connectivity index is 1.54. The van der Waals surface area contributed by atoms with Gasteiger partial charge in [0.1, 0.15) is 5.82 Å². The molecule has 102 valence electrons. The Hall–Kier alpha value is -1.94. The second-order valence-electron chi connectivity index (χ2n) is 4.71. The summed E-state index contributed by atoms with van der Waals surface area (Å²) in [5, 5.41) is 6.78. The summed E-state index contributed by atoms with van der Waals surface area (Å²) in [5.74, 6) is 1.67. The molecule has 0 radical (unpaired) electrons. The average molecular weight is 283 g/mol. The number of hydrogen-bond donors (Lipinski definition) is 1. The Labute approximate surface area is 122 Å². The molecule has 3 nitrogen and oxygen atoms in total. The third-order valence-corrected chi connectivity index (χ3v) is 4.26. The fourth-order valence-corrected chi connectivity index (χ4v) is 3.06. The smallest absolute Gasteiger partial charge is 0.145 e. The molecule has 20 heavy (non-hydrogen) atoms. The van der Waals surface area contributed by atoms with Gasteiger partial charge < -0.3 is 5.73 Å².